The Morgan fingerprint density at radius 3 is 2.17 bits per heavy atom. The number of hydrogen-bond acceptors (Lipinski definition) is 3. The summed E-state index contributed by atoms with van der Waals surface area (Å²) in [6.07, 6.45) is 0. The number of carbonyl (C=O) groups excluding carboxylic acids is 2. The Morgan fingerprint density at radius 2 is 1.58 bits per heavy atom. The molecule has 1 atom stereocenters. The molecule has 2 rings (SSSR count). The summed E-state index contributed by atoms with van der Waals surface area (Å²) in [5.74, 6) is -1.62. The van der Waals surface area contributed by atoms with Crippen molar-refractivity contribution in [2.75, 3.05) is 6.61 Å². The van der Waals surface area contributed by atoms with Gasteiger partial charge in [0.25, 0.3) is 0 Å². The second-order valence-corrected chi connectivity index (χ2v) is 6.10. The van der Waals surface area contributed by atoms with Crippen LogP contribution in [0.1, 0.15) is 51.0 Å². The molecule has 3 heteroatoms. The molecule has 3 nitrogen and oxygen atoms in total. The fourth-order valence-corrected chi connectivity index (χ4v) is 3.07. The first kappa shape index (κ1) is 17.9. The minimum absolute atomic E-state index is 0.197. The van der Waals surface area contributed by atoms with Crippen LogP contribution >= 0.6 is 0 Å². The minimum Gasteiger partial charge on any atom is -0.465 e. The zero-order chi connectivity index (χ0) is 17.9. The highest BCUT2D eigenvalue weighted by Gasteiger charge is 2.32. The van der Waals surface area contributed by atoms with Crippen LogP contribution < -0.4 is 0 Å². The van der Waals surface area contributed by atoms with Crippen LogP contribution in [0, 0.1) is 27.7 Å². The first-order chi connectivity index (χ1) is 11.4. The van der Waals surface area contributed by atoms with Gasteiger partial charge in [0.2, 0.25) is 0 Å². The van der Waals surface area contributed by atoms with E-state index in [4.69, 9.17) is 4.74 Å². The number of ketones is 1. The van der Waals surface area contributed by atoms with Crippen LogP contribution in [0.2, 0.25) is 0 Å². The molecule has 0 aliphatic carbocycles. The van der Waals surface area contributed by atoms with Crippen molar-refractivity contribution in [1.82, 2.24) is 0 Å². The van der Waals surface area contributed by atoms with Crippen LogP contribution in [0.15, 0.2) is 36.4 Å². The maximum absolute atomic E-state index is 13.3. The van der Waals surface area contributed by atoms with E-state index in [1.807, 2.05) is 52.0 Å². The number of esters is 1. The lowest BCUT2D eigenvalue weighted by Gasteiger charge is -2.19. The van der Waals surface area contributed by atoms with Gasteiger partial charge in [-0.25, -0.2) is 0 Å². The van der Waals surface area contributed by atoms with Crippen molar-refractivity contribution >= 4 is 11.8 Å². The van der Waals surface area contributed by atoms with Crippen molar-refractivity contribution in [2.24, 2.45) is 0 Å². The summed E-state index contributed by atoms with van der Waals surface area (Å²) in [4.78, 5) is 25.8. The molecule has 0 heterocycles. The van der Waals surface area contributed by atoms with E-state index in [-0.39, 0.29) is 12.4 Å². The SMILES string of the molecule is CCOC(=O)C(C(=O)c1c(C)cc(C)c(C)c1C)c1ccccc1. The van der Waals surface area contributed by atoms with Gasteiger partial charge in [-0.2, -0.15) is 0 Å². The molecule has 0 saturated heterocycles. The van der Waals surface area contributed by atoms with Crippen molar-refractivity contribution in [1.29, 1.82) is 0 Å². The Labute approximate surface area is 143 Å². The van der Waals surface area contributed by atoms with E-state index in [0.29, 0.717) is 11.1 Å². The van der Waals surface area contributed by atoms with Crippen LogP contribution in [0.5, 0.6) is 0 Å². The molecule has 0 saturated carbocycles. The molecule has 0 radical (unpaired) electrons. The summed E-state index contributed by atoms with van der Waals surface area (Å²) >= 11 is 0. The summed E-state index contributed by atoms with van der Waals surface area (Å²) in [6.45, 7) is 9.89. The van der Waals surface area contributed by atoms with Gasteiger partial charge >= 0.3 is 5.97 Å². The van der Waals surface area contributed by atoms with Gasteiger partial charge in [0.15, 0.2) is 5.78 Å². The van der Waals surface area contributed by atoms with Crippen LogP contribution in [0.25, 0.3) is 0 Å². The summed E-state index contributed by atoms with van der Waals surface area (Å²) in [5, 5.41) is 0. The van der Waals surface area contributed by atoms with Crippen molar-refractivity contribution in [2.45, 2.75) is 40.5 Å². The molecule has 2 aromatic rings. The fraction of sp³-hybridized carbons (Fsp3) is 0.333. The zero-order valence-corrected chi connectivity index (χ0v) is 15.0. The molecular formula is C21H24O3. The fourth-order valence-electron chi connectivity index (χ4n) is 3.07. The summed E-state index contributed by atoms with van der Waals surface area (Å²) in [5.41, 5.74) is 5.35. The third kappa shape index (κ3) is 3.40. The molecule has 0 bridgehead atoms. The van der Waals surface area contributed by atoms with Crippen LogP contribution in [-0.4, -0.2) is 18.4 Å². The van der Waals surface area contributed by atoms with E-state index in [1.165, 1.54) is 0 Å². The highest BCUT2D eigenvalue weighted by Crippen LogP contribution is 2.29. The van der Waals surface area contributed by atoms with E-state index in [9.17, 15) is 9.59 Å². The van der Waals surface area contributed by atoms with Crippen molar-refractivity contribution < 1.29 is 14.3 Å². The molecule has 0 spiro atoms. The highest BCUT2D eigenvalue weighted by molar-refractivity contribution is 6.14. The molecule has 1 unspecified atom stereocenters. The standard InChI is InChI=1S/C21H24O3/c1-6-24-21(23)19(17-10-8-7-9-11-17)20(22)18-14(3)12-13(2)15(4)16(18)5/h7-12,19H,6H2,1-5H3. The average Bonchev–Trinajstić information content (AvgIpc) is 2.54. The minimum atomic E-state index is -0.925. The van der Waals surface area contributed by atoms with Gasteiger partial charge in [-0.15, -0.1) is 0 Å². The van der Waals surface area contributed by atoms with Crippen molar-refractivity contribution in [3.8, 4) is 0 Å². The molecular weight excluding hydrogens is 300 g/mol. The third-order valence-electron chi connectivity index (χ3n) is 4.52. The molecule has 0 aliphatic heterocycles. The maximum Gasteiger partial charge on any atom is 0.321 e. The predicted octanol–water partition coefficient (Wildman–Crippen LogP) is 4.45. The second kappa shape index (κ2) is 7.43. The van der Waals surface area contributed by atoms with Gasteiger partial charge in [0.1, 0.15) is 5.92 Å². The Kier molecular flexibility index (Phi) is 5.55. The molecule has 0 amide bonds. The molecule has 0 fully saturated rings. The lowest BCUT2D eigenvalue weighted by molar-refractivity contribution is -0.143. The zero-order valence-electron chi connectivity index (χ0n) is 15.0. The van der Waals surface area contributed by atoms with Gasteiger partial charge in [0, 0.05) is 5.56 Å². The molecule has 0 aromatic heterocycles. The highest BCUT2D eigenvalue weighted by atomic mass is 16.5. The lowest BCUT2D eigenvalue weighted by atomic mass is 9.84. The first-order valence-corrected chi connectivity index (χ1v) is 8.21. The van der Waals surface area contributed by atoms with Crippen molar-refractivity contribution in [3.63, 3.8) is 0 Å². The monoisotopic (exact) mass is 324 g/mol. The predicted molar refractivity (Wildman–Crippen MR) is 95.5 cm³/mol. The Hall–Kier alpha value is -2.42. The number of ether oxygens (including phenoxy) is 1. The molecule has 126 valence electrons. The van der Waals surface area contributed by atoms with E-state index in [2.05, 4.69) is 0 Å². The number of carbonyl (C=O) groups is 2. The van der Waals surface area contributed by atoms with Gasteiger partial charge in [0.05, 0.1) is 6.61 Å². The molecule has 0 N–H and O–H groups in total. The third-order valence-corrected chi connectivity index (χ3v) is 4.52. The van der Waals surface area contributed by atoms with Gasteiger partial charge in [-0.3, -0.25) is 9.59 Å². The topological polar surface area (TPSA) is 43.4 Å². The van der Waals surface area contributed by atoms with E-state index >= 15 is 0 Å². The maximum atomic E-state index is 13.3. The Bertz CT molecular complexity index is 760. The molecule has 0 aliphatic rings. The smallest absolute Gasteiger partial charge is 0.321 e. The largest absolute Gasteiger partial charge is 0.465 e. The van der Waals surface area contributed by atoms with E-state index < -0.39 is 11.9 Å². The molecule has 24 heavy (non-hydrogen) atoms. The lowest BCUT2D eigenvalue weighted by Crippen LogP contribution is -2.26. The summed E-state index contributed by atoms with van der Waals surface area (Å²) in [7, 11) is 0. The normalized spacial score (nSPS) is 11.9. The van der Waals surface area contributed by atoms with E-state index in [0.717, 1.165) is 22.3 Å². The van der Waals surface area contributed by atoms with Gasteiger partial charge in [-0.1, -0.05) is 36.4 Å². The first-order valence-electron chi connectivity index (χ1n) is 8.21. The van der Waals surface area contributed by atoms with E-state index in [1.54, 1.807) is 19.1 Å². The quantitative estimate of drug-likeness (QED) is 0.463. The number of Topliss-reactive ketones (excluding diaryl/α,β-unsaturated/α-hetero) is 1. The number of aryl methyl sites for hydroxylation is 2. The molecule has 2 aromatic carbocycles. The van der Waals surface area contributed by atoms with Gasteiger partial charge in [-0.05, 0) is 62.4 Å². The number of benzene rings is 2. The van der Waals surface area contributed by atoms with Crippen LogP contribution in [0.4, 0.5) is 0 Å². The van der Waals surface area contributed by atoms with Crippen LogP contribution in [0.3, 0.4) is 0 Å². The number of hydrogen-bond donors (Lipinski definition) is 0. The summed E-state index contributed by atoms with van der Waals surface area (Å²) in [6, 6.07) is 11.1. The Morgan fingerprint density at radius 1 is 0.958 bits per heavy atom. The second-order valence-electron chi connectivity index (χ2n) is 6.10. The van der Waals surface area contributed by atoms with Crippen LogP contribution in [-0.2, 0) is 9.53 Å². The van der Waals surface area contributed by atoms with Crippen molar-refractivity contribution in [3.05, 3.63) is 69.8 Å². The Balaban J connectivity index is 2.58. The summed E-state index contributed by atoms with van der Waals surface area (Å²) < 4.78 is 5.18. The average molecular weight is 324 g/mol. The van der Waals surface area contributed by atoms with Gasteiger partial charge < -0.3 is 4.74 Å². The number of rotatable bonds is 5.